The predicted molar refractivity (Wildman–Crippen MR) is 94.0 cm³/mol. The lowest BCUT2D eigenvalue weighted by molar-refractivity contribution is -0.226. The van der Waals surface area contributed by atoms with E-state index in [-0.39, 0.29) is 16.7 Å². The van der Waals surface area contributed by atoms with Gasteiger partial charge in [-0.25, -0.2) is 0 Å². The van der Waals surface area contributed by atoms with Crippen molar-refractivity contribution < 1.29 is 5.11 Å². The van der Waals surface area contributed by atoms with E-state index in [0.29, 0.717) is 11.8 Å². The summed E-state index contributed by atoms with van der Waals surface area (Å²) in [6, 6.07) is 0. The Kier molecular flexibility index (Phi) is 4.44. The van der Waals surface area contributed by atoms with Gasteiger partial charge >= 0.3 is 0 Å². The Morgan fingerprint density at radius 2 is 1.95 bits per heavy atom. The average Bonchev–Trinajstić information content (AvgIpc) is 2.36. The zero-order valence-corrected chi connectivity index (χ0v) is 16.0. The Labute approximate surface area is 136 Å². The third-order valence-corrected chi connectivity index (χ3v) is 7.18. The van der Waals surface area contributed by atoms with Crippen LogP contribution in [-0.4, -0.2) is 24.2 Å². The molecule has 0 spiro atoms. The van der Waals surface area contributed by atoms with Gasteiger partial charge in [0.1, 0.15) is 8.07 Å². The number of fused-ring (bicyclic) bond motifs is 2. The molecule has 3 saturated carbocycles. The molecular weight excluding hydrogens is 296 g/mol. The normalized spacial score (nSPS) is 42.6. The van der Waals surface area contributed by atoms with E-state index in [4.69, 9.17) is 11.6 Å². The number of allylic oxidation sites excluding steroid dienone is 1. The summed E-state index contributed by atoms with van der Waals surface area (Å²) in [6.07, 6.45) is 5.99. The molecule has 0 aromatic carbocycles. The van der Waals surface area contributed by atoms with Gasteiger partial charge in [0.05, 0.1) is 5.60 Å². The van der Waals surface area contributed by atoms with Crippen molar-refractivity contribution in [1.82, 2.24) is 0 Å². The first kappa shape index (κ1) is 17.1. The Morgan fingerprint density at radius 1 is 1.33 bits per heavy atom. The first-order chi connectivity index (χ1) is 9.53. The summed E-state index contributed by atoms with van der Waals surface area (Å²) in [6.45, 7) is 13.3. The molecule has 3 rings (SSSR count). The van der Waals surface area contributed by atoms with E-state index in [2.05, 4.69) is 51.9 Å². The molecule has 3 heteroatoms. The zero-order chi connectivity index (χ0) is 16.1. The molecule has 0 aromatic rings. The van der Waals surface area contributed by atoms with Crippen molar-refractivity contribution in [1.29, 1.82) is 0 Å². The van der Waals surface area contributed by atoms with Crippen LogP contribution in [0.2, 0.25) is 19.6 Å². The van der Waals surface area contributed by atoms with Gasteiger partial charge in [0, 0.05) is 16.7 Å². The first-order valence-electron chi connectivity index (χ1n) is 8.10. The summed E-state index contributed by atoms with van der Waals surface area (Å²) in [7, 11) is -1.36. The van der Waals surface area contributed by atoms with Crippen LogP contribution in [0.25, 0.3) is 0 Å². The third-order valence-electron chi connectivity index (χ3n) is 5.53. The number of aliphatic hydroxyl groups is 1. The molecule has 0 heterocycles. The van der Waals surface area contributed by atoms with Gasteiger partial charge in [-0.1, -0.05) is 46.3 Å². The summed E-state index contributed by atoms with van der Waals surface area (Å²) in [4.78, 5) is 0. The number of hydrogen-bond donors (Lipinski definition) is 1. The van der Waals surface area contributed by atoms with E-state index in [1.807, 2.05) is 12.2 Å². The van der Waals surface area contributed by atoms with Crippen molar-refractivity contribution in [3.05, 3.63) is 12.2 Å². The highest BCUT2D eigenvalue weighted by atomic mass is 35.5. The van der Waals surface area contributed by atoms with Crippen LogP contribution in [0.15, 0.2) is 12.2 Å². The topological polar surface area (TPSA) is 20.2 Å². The maximum Gasteiger partial charge on any atom is 0.129 e. The fourth-order valence-electron chi connectivity index (χ4n) is 4.13. The predicted octanol–water partition coefficient (Wildman–Crippen LogP) is 4.46. The molecule has 1 nitrogen and oxygen atoms in total. The van der Waals surface area contributed by atoms with Gasteiger partial charge in [0.15, 0.2) is 0 Å². The maximum absolute atomic E-state index is 11.2. The molecule has 0 aliphatic heterocycles. The Hall–Kier alpha value is -0.233. The average molecular weight is 325 g/mol. The molecule has 118 valence electrons. The van der Waals surface area contributed by atoms with Crippen LogP contribution >= 0.6 is 11.6 Å². The summed E-state index contributed by atoms with van der Waals surface area (Å²) >= 11 is 6.64. The Balaban J connectivity index is 2.24. The van der Waals surface area contributed by atoms with Crippen molar-refractivity contribution in [2.75, 3.05) is 0 Å². The fraction of sp³-hybridized carbons (Fsp3) is 0.778. The van der Waals surface area contributed by atoms with Crippen LogP contribution in [0.4, 0.5) is 0 Å². The minimum absolute atomic E-state index is 0.0817. The van der Waals surface area contributed by atoms with Crippen LogP contribution in [0.3, 0.4) is 0 Å². The van der Waals surface area contributed by atoms with Crippen molar-refractivity contribution in [2.24, 2.45) is 23.2 Å². The van der Waals surface area contributed by atoms with Crippen LogP contribution in [-0.2, 0) is 0 Å². The van der Waals surface area contributed by atoms with E-state index in [1.165, 1.54) is 6.42 Å². The van der Waals surface area contributed by atoms with Crippen LogP contribution in [0, 0.1) is 34.6 Å². The second-order valence-corrected chi connectivity index (χ2v) is 13.7. The second kappa shape index (κ2) is 5.44. The van der Waals surface area contributed by atoms with E-state index in [1.54, 1.807) is 0 Å². The lowest BCUT2D eigenvalue weighted by Crippen LogP contribution is -2.74. The molecule has 3 aliphatic carbocycles. The molecular formula is C18H29ClOSi. The van der Waals surface area contributed by atoms with E-state index >= 15 is 0 Å². The smallest absolute Gasteiger partial charge is 0.129 e. The largest absolute Gasteiger partial charge is 0.385 e. The standard InChI is InChI=1S/C18H29ClOSi/c1-13(2)14-9-11-17(3)16(19)15(14)18(17,20)10-7-8-12-21(4,5)6/h7,10,13-16,20H,9,11H2,1-6H3/b10-7+/t14-,15+,16?,17-,18+/m0/s1. The van der Waals surface area contributed by atoms with E-state index < -0.39 is 13.7 Å². The van der Waals surface area contributed by atoms with Gasteiger partial charge in [-0.05, 0) is 36.8 Å². The van der Waals surface area contributed by atoms with Gasteiger partial charge in [-0.15, -0.1) is 17.1 Å². The van der Waals surface area contributed by atoms with Crippen LogP contribution in [0.1, 0.15) is 33.6 Å². The van der Waals surface area contributed by atoms with Gasteiger partial charge in [-0.3, -0.25) is 0 Å². The highest BCUT2D eigenvalue weighted by Gasteiger charge is 2.71. The molecule has 5 atom stereocenters. The van der Waals surface area contributed by atoms with Gasteiger partial charge in [0.25, 0.3) is 0 Å². The molecule has 21 heavy (non-hydrogen) atoms. The lowest BCUT2D eigenvalue weighted by atomic mass is 9.40. The minimum atomic E-state index is -1.36. The lowest BCUT2D eigenvalue weighted by Gasteiger charge is -2.69. The van der Waals surface area contributed by atoms with E-state index in [0.717, 1.165) is 6.42 Å². The summed E-state index contributed by atoms with van der Waals surface area (Å²) in [5.74, 6) is 4.38. The fourth-order valence-corrected chi connectivity index (χ4v) is 5.31. The molecule has 3 aliphatic rings. The number of halogens is 1. The number of alkyl halides is 1. The van der Waals surface area contributed by atoms with E-state index in [9.17, 15) is 5.11 Å². The SMILES string of the molecule is CC(C)[C@@H]1CC[C@@]2(C)C(Cl)[C@@H]1[C@]2(O)/C=C/C#C[Si](C)(C)C. The maximum atomic E-state index is 11.2. The van der Waals surface area contributed by atoms with Crippen LogP contribution in [0.5, 0.6) is 0 Å². The first-order valence-corrected chi connectivity index (χ1v) is 12.0. The van der Waals surface area contributed by atoms with Crippen molar-refractivity contribution >= 4 is 19.7 Å². The number of rotatable bonds is 2. The third kappa shape index (κ3) is 2.73. The molecule has 1 unspecified atom stereocenters. The van der Waals surface area contributed by atoms with Gasteiger partial charge < -0.3 is 5.11 Å². The zero-order valence-electron chi connectivity index (χ0n) is 14.2. The second-order valence-electron chi connectivity index (χ2n) is 8.47. The summed E-state index contributed by atoms with van der Waals surface area (Å²) in [5.41, 5.74) is 2.35. The summed E-state index contributed by atoms with van der Waals surface area (Å²) < 4.78 is 0. The monoisotopic (exact) mass is 324 g/mol. The Bertz CT molecular complexity index is 496. The van der Waals surface area contributed by atoms with Crippen molar-refractivity contribution in [3.63, 3.8) is 0 Å². The molecule has 2 bridgehead atoms. The van der Waals surface area contributed by atoms with Crippen molar-refractivity contribution in [2.45, 2.75) is 64.2 Å². The van der Waals surface area contributed by atoms with Crippen LogP contribution < -0.4 is 0 Å². The van der Waals surface area contributed by atoms with Gasteiger partial charge in [-0.2, -0.15) is 0 Å². The van der Waals surface area contributed by atoms with Crippen molar-refractivity contribution in [3.8, 4) is 11.5 Å². The highest BCUT2D eigenvalue weighted by molar-refractivity contribution is 6.83. The molecule has 0 aromatic heterocycles. The molecule has 0 amide bonds. The molecule has 1 N–H and O–H groups in total. The number of hydrogen-bond acceptors (Lipinski definition) is 1. The molecule has 0 radical (unpaired) electrons. The quantitative estimate of drug-likeness (QED) is 0.451. The molecule has 0 saturated heterocycles. The Morgan fingerprint density at radius 3 is 2.43 bits per heavy atom. The molecule has 3 fully saturated rings. The highest BCUT2D eigenvalue weighted by Crippen LogP contribution is 2.68. The summed E-state index contributed by atoms with van der Waals surface area (Å²) in [5, 5.41) is 11.3. The van der Waals surface area contributed by atoms with Gasteiger partial charge in [0.2, 0.25) is 0 Å². The minimum Gasteiger partial charge on any atom is -0.385 e.